The summed E-state index contributed by atoms with van der Waals surface area (Å²) < 4.78 is 13.9. The molecule has 2 heterocycles. The fourth-order valence-corrected chi connectivity index (χ4v) is 7.35. The third kappa shape index (κ3) is 12.7. The first-order valence-corrected chi connectivity index (χ1v) is 20.3. The summed E-state index contributed by atoms with van der Waals surface area (Å²) in [6.07, 6.45) is 2.45. The maximum Gasteiger partial charge on any atom is 0.245 e. The summed E-state index contributed by atoms with van der Waals surface area (Å²) in [4.78, 5) is 85.4. The van der Waals surface area contributed by atoms with Gasteiger partial charge in [-0.15, -0.1) is 0 Å². The molecule has 3 aromatic rings. The number of hydrogen-bond acceptors (Lipinski definition) is 7. The zero-order valence-electron chi connectivity index (χ0n) is 33.3. The van der Waals surface area contributed by atoms with Gasteiger partial charge in [0.25, 0.3) is 0 Å². The molecule has 0 aliphatic carbocycles. The van der Waals surface area contributed by atoms with Crippen LogP contribution in [0.5, 0.6) is 0 Å². The number of carbonyl (C=O) groups is 6. The van der Waals surface area contributed by atoms with E-state index in [1.807, 2.05) is 74.5 Å². The van der Waals surface area contributed by atoms with Gasteiger partial charge in [-0.05, 0) is 79.7 Å². The van der Waals surface area contributed by atoms with E-state index in [1.165, 1.54) is 29.2 Å². The van der Waals surface area contributed by atoms with Crippen molar-refractivity contribution < 1.29 is 33.2 Å². The number of hydrogen-bond donors (Lipinski definition) is 6. The third-order valence-electron chi connectivity index (χ3n) is 10.6. The standard InChI is InChI=1S/C44H56FN7O6/c1-28(2)17-22-34-41(55)51-37(27-31-18-20-32(45)21-19-31)42(56)50-36(26-30-13-7-4-8-14-30)40(54)47-23-9-15-35(44(58)52-24-10-16-38(52)43(57)48-34)49-39(53)33(46)25-29-11-5-3-6-12-29/h3-8,11-14,18-21,28,33-38H,9-10,15-17,22-27,46H2,1-2H3,(H,47,54)(H,48,57)(H,49,53)(H,50,56)(H,51,55)/t33-,34+,35-,36-,37-,38-/m0/s1. The van der Waals surface area contributed by atoms with Crippen molar-refractivity contribution in [3.05, 3.63) is 107 Å². The van der Waals surface area contributed by atoms with Gasteiger partial charge in [0, 0.05) is 25.9 Å². The lowest BCUT2D eigenvalue weighted by atomic mass is 9.99. The Bertz CT molecular complexity index is 1860. The van der Waals surface area contributed by atoms with Gasteiger partial charge in [0.1, 0.15) is 36.0 Å². The number of halogens is 1. The summed E-state index contributed by atoms with van der Waals surface area (Å²) in [5.41, 5.74) is 8.51. The Balaban J connectivity index is 1.45. The molecule has 2 fully saturated rings. The molecule has 310 valence electrons. The Labute approximate surface area is 339 Å². The monoisotopic (exact) mass is 797 g/mol. The van der Waals surface area contributed by atoms with Crippen LogP contribution < -0.4 is 32.3 Å². The predicted octanol–water partition coefficient (Wildman–Crippen LogP) is 2.46. The Kier molecular flexibility index (Phi) is 15.9. The summed E-state index contributed by atoms with van der Waals surface area (Å²) in [5, 5.41) is 14.3. The van der Waals surface area contributed by atoms with Crippen LogP contribution in [0.1, 0.15) is 69.1 Å². The van der Waals surface area contributed by atoms with E-state index in [2.05, 4.69) is 26.6 Å². The van der Waals surface area contributed by atoms with Crippen LogP contribution in [-0.4, -0.2) is 89.7 Å². The lowest BCUT2D eigenvalue weighted by Gasteiger charge is -2.31. The largest absolute Gasteiger partial charge is 0.354 e. The predicted molar refractivity (Wildman–Crippen MR) is 217 cm³/mol. The van der Waals surface area contributed by atoms with Crippen LogP contribution in [0.15, 0.2) is 84.9 Å². The lowest BCUT2D eigenvalue weighted by molar-refractivity contribution is -0.142. The van der Waals surface area contributed by atoms with E-state index in [4.69, 9.17) is 5.73 Å². The minimum atomic E-state index is -1.19. The second-order valence-corrected chi connectivity index (χ2v) is 15.7. The topological polar surface area (TPSA) is 192 Å². The van der Waals surface area contributed by atoms with Gasteiger partial charge in [0.15, 0.2) is 0 Å². The minimum Gasteiger partial charge on any atom is -0.354 e. The number of carbonyl (C=O) groups excluding carboxylic acids is 6. The molecule has 0 saturated carbocycles. The third-order valence-corrected chi connectivity index (χ3v) is 10.6. The van der Waals surface area contributed by atoms with Crippen molar-refractivity contribution >= 4 is 35.4 Å². The Hall–Kier alpha value is -5.63. The molecule has 13 nitrogen and oxygen atoms in total. The molecule has 7 N–H and O–H groups in total. The fraction of sp³-hybridized carbons (Fsp3) is 0.455. The number of fused-ring (bicyclic) bond motifs is 1. The number of nitrogens with two attached hydrogens (primary N) is 1. The van der Waals surface area contributed by atoms with Gasteiger partial charge in [-0.25, -0.2) is 4.39 Å². The molecule has 3 aromatic carbocycles. The van der Waals surface area contributed by atoms with Crippen molar-refractivity contribution in [1.29, 1.82) is 0 Å². The number of nitrogens with one attached hydrogen (secondary N) is 5. The molecule has 0 bridgehead atoms. The van der Waals surface area contributed by atoms with Gasteiger partial charge >= 0.3 is 0 Å². The molecule has 2 aliphatic heterocycles. The Morgan fingerprint density at radius 2 is 1.31 bits per heavy atom. The Morgan fingerprint density at radius 1 is 0.741 bits per heavy atom. The van der Waals surface area contributed by atoms with Crippen LogP contribution in [0.2, 0.25) is 0 Å². The van der Waals surface area contributed by atoms with E-state index >= 15 is 0 Å². The second kappa shape index (κ2) is 21.2. The molecule has 0 radical (unpaired) electrons. The zero-order chi connectivity index (χ0) is 41.6. The SMILES string of the molecule is CC(C)CC[C@H]1NC(=O)[C@@H]2CCCN2C(=O)[C@@H](NC(=O)[C@@H](N)Cc2ccccc2)CCCNC(=O)[C@H](Cc2ccccc2)NC(=O)[C@H](Cc2ccc(F)cc2)NC1=O. The lowest BCUT2D eigenvalue weighted by Crippen LogP contribution is -2.60. The van der Waals surface area contributed by atoms with Crippen LogP contribution in [-0.2, 0) is 48.0 Å². The summed E-state index contributed by atoms with van der Waals surface area (Å²) >= 11 is 0. The van der Waals surface area contributed by atoms with E-state index in [0.717, 1.165) is 11.1 Å². The number of nitrogens with zero attached hydrogens (tertiary/aromatic N) is 1. The highest BCUT2D eigenvalue weighted by Gasteiger charge is 2.40. The quantitative estimate of drug-likeness (QED) is 0.172. The van der Waals surface area contributed by atoms with Gasteiger partial charge in [-0.2, -0.15) is 0 Å². The van der Waals surface area contributed by atoms with E-state index in [9.17, 15) is 33.2 Å². The van der Waals surface area contributed by atoms with Gasteiger partial charge in [0.05, 0.1) is 6.04 Å². The van der Waals surface area contributed by atoms with Crippen molar-refractivity contribution in [2.75, 3.05) is 13.1 Å². The first kappa shape index (κ1) is 43.5. The highest BCUT2D eigenvalue weighted by atomic mass is 19.1. The molecule has 5 rings (SSSR count). The molecule has 0 unspecified atom stereocenters. The van der Waals surface area contributed by atoms with E-state index in [0.29, 0.717) is 24.8 Å². The molecule has 0 aromatic heterocycles. The first-order chi connectivity index (χ1) is 27.9. The van der Waals surface area contributed by atoms with E-state index in [1.54, 1.807) is 0 Å². The van der Waals surface area contributed by atoms with Crippen LogP contribution in [0.3, 0.4) is 0 Å². The molecule has 14 heteroatoms. The summed E-state index contributed by atoms with van der Waals surface area (Å²) in [7, 11) is 0. The van der Waals surface area contributed by atoms with Crippen molar-refractivity contribution in [2.45, 2.75) is 108 Å². The second-order valence-electron chi connectivity index (χ2n) is 15.7. The molecule has 6 amide bonds. The maximum atomic E-state index is 14.3. The maximum absolute atomic E-state index is 14.3. The van der Waals surface area contributed by atoms with Crippen molar-refractivity contribution in [3.8, 4) is 0 Å². The van der Waals surface area contributed by atoms with E-state index in [-0.39, 0.29) is 57.5 Å². The van der Waals surface area contributed by atoms with Gasteiger partial charge < -0.3 is 37.2 Å². The average Bonchev–Trinajstić information content (AvgIpc) is 3.71. The highest BCUT2D eigenvalue weighted by Crippen LogP contribution is 2.21. The molecular weight excluding hydrogens is 742 g/mol. The Morgan fingerprint density at radius 3 is 1.95 bits per heavy atom. The van der Waals surface area contributed by atoms with Gasteiger partial charge in [0.2, 0.25) is 35.4 Å². The molecule has 6 atom stereocenters. The van der Waals surface area contributed by atoms with Crippen LogP contribution in [0, 0.1) is 11.7 Å². The van der Waals surface area contributed by atoms with Crippen LogP contribution in [0.25, 0.3) is 0 Å². The summed E-state index contributed by atoms with van der Waals surface area (Å²) in [6, 6.07) is 17.8. The first-order valence-electron chi connectivity index (χ1n) is 20.3. The van der Waals surface area contributed by atoms with Crippen LogP contribution >= 0.6 is 0 Å². The van der Waals surface area contributed by atoms with E-state index < -0.39 is 77.5 Å². The minimum absolute atomic E-state index is 0.0185. The normalized spacial score (nSPS) is 23.1. The zero-order valence-corrected chi connectivity index (χ0v) is 33.3. The van der Waals surface area contributed by atoms with Gasteiger partial charge in [-0.1, -0.05) is 86.6 Å². The van der Waals surface area contributed by atoms with Crippen molar-refractivity contribution in [2.24, 2.45) is 11.7 Å². The molecule has 2 saturated heterocycles. The fourth-order valence-electron chi connectivity index (χ4n) is 7.35. The molecule has 0 spiro atoms. The highest BCUT2D eigenvalue weighted by molar-refractivity contribution is 5.97. The summed E-state index contributed by atoms with van der Waals surface area (Å²) in [5.74, 6) is -3.52. The van der Waals surface area contributed by atoms with Crippen molar-refractivity contribution in [3.63, 3.8) is 0 Å². The van der Waals surface area contributed by atoms with Crippen LogP contribution in [0.4, 0.5) is 4.39 Å². The summed E-state index contributed by atoms with van der Waals surface area (Å²) in [6.45, 7) is 4.34. The average molecular weight is 798 g/mol. The molecule has 2 aliphatic rings. The molecular formula is C44H56FN7O6. The molecule has 58 heavy (non-hydrogen) atoms. The number of rotatable bonds is 11. The number of benzene rings is 3. The van der Waals surface area contributed by atoms with Crippen molar-refractivity contribution in [1.82, 2.24) is 31.5 Å². The smallest absolute Gasteiger partial charge is 0.245 e. The number of amides is 6. The van der Waals surface area contributed by atoms with Gasteiger partial charge in [-0.3, -0.25) is 28.8 Å².